The molecule has 2 aromatic rings. The Hall–Kier alpha value is -2.62. The van der Waals surface area contributed by atoms with Gasteiger partial charge in [-0.2, -0.15) is 0 Å². The van der Waals surface area contributed by atoms with E-state index in [9.17, 15) is 9.59 Å². The van der Waals surface area contributed by atoms with Crippen LogP contribution in [0, 0.1) is 0 Å². The van der Waals surface area contributed by atoms with Crippen molar-refractivity contribution in [3.8, 4) is 0 Å². The lowest BCUT2D eigenvalue weighted by molar-refractivity contribution is 0.0926. The first-order valence-corrected chi connectivity index (χ1v) is 6.87. The van der Waals surface area contributed by atoms with E-state index >= 15 is 0 Å². The highest BCUT2D eigenvalue weighted by molar-refractivity contribution is 6.34. The van der Waals surface area contributed by atoms with Gasteiger partial charge in [-0.05, 0) is 41.8 Å². The maximum Gasteiger partial charge on any atom is 0.266 e. The molecule has 0 aliphatic carbocycles. The highest BCUT2D eigenvalue weighted by Crippen LogP contribution is 2.30. The zero-order valence-corrected chi connectivity index (χ0v) is 12.0. The summed E-state index contributed by atoms with van der Waals surface area (Å²) >= 11 is 0. The minimum Gasteiger partial charge on any atom is -0.399 e. The summed E-state index contributed by atoms with van der Waals surface area (Å²) in [5.41, 5.74) is 8.70. The maximum absolute atomic E-state index is 12.4. The predicted octanol–water partition coefficient (Wildman–Crippen LogP) is 3.19. The number of hydrogen-bond acceptors (Lipinski definition) is 3. The van der Waals surface area contributed by atoms with Gasteiger partial charge >= 0.3 is 0 Å². The number of amides is 2. The van der Waals surface area contributed by atoms with Gasteiger partial charge in [0, 0.05) is 5.69 Å². The number of nitrogens with zero attached hydrogens (tertiary/aromatic N) is 1. The molecule has 1 aliphatic rings. The summed E-state index contributed by atoms with van der Waals surface area (Å²) in [6.07, 6.45) is 0. The molecule has 3 rings (SSSR count). The molecule has 0 aromatic heterocycles. The van der Waals surface area contributed by atoms with E-state index in [1.165, 1.54) is 10.5 Å². The van der Waals surface area contributed by atoms with Crippen molar-refractivity contribution in [1.29, 1.82) is 0 Å². The molecule has 0 spiro atoms. The summed E-state index contributed by atoms with van der Waals surface area (Å²) < 4.78 is 0. The topological polar surface area (TPSA) is 63.4 Å². The molecule has 0 unspecified atom stereocenters. The fraction of sp³-hybridized carbons (Fsp3) is 0.176. The van der Waals surface area contributed by atoms with Crippen molar-refractivity contribution in [3.63, 3.8) is 0 Å². The number of nitrogen functional groups attached to an aromatic ring is 1. The molecule has 106 valence electrons. The number of carbonyl (C=O) groups excluding carboxylic acids is 2. The summed E-state index contributed by atoms with van der Waals surface area (Å²) in [5, 5.41) is 0. The summed E-state index contributed by atoms with van der Waals surface area (Å²) in [4.78, 5) is 26.0. The number of rotatable bonds is 2. The van der Waals surface area contributed by atoms with E-state index < -0.39 is 0 Å². The Kier molecular flexibility index (Phi) is 3.01. The van der Waals surface area contributed by atoms with E-state index in [4.69, 9.17) is 5.73 Å². The van der Waals surface area contributed by atoms with Gasteiger partial charge in [0.1, 0.15) is 0 Å². The number of carbonyl (C=O) groups is 2. The highest BCUT2D eigenvalue weighted by atomic mass is 16.2. The van der Waals surface area contributed by atoms with E-state index in [0.717, 1.165) is 0 Å². The van der Waals surface area contributed by atoms with Crippen LogP contribution in [0.2, 0.25) is 0 Å². The average molecular weight is 280 g/mol. The Bertz CT molecular complexity index is 733. The molecular formula is C17H16N2O2. The molecule has 1 aliphatic heterocycles. The van der Waals surface area contributed by atoms with Crippen LogP contribution in [0.3, 0.4) is 0 Å². The first kappa shape index (κ1) is 13.4. The Morgan fingerprint density at radius 1 is 0.905 bits per heavy atom. The van der Waals surface area contributed by atoms with E-state index in [-0.39, 0.29) is 11.8 Å². The summed E-state index contributed by atoms with van der Waals surface area (Å²) in [5.74, 6) is -0.215. The Balaban J connectivity index is 2.01. The molecular weight excluding hydrogens is 264 g/mol. The minimum atomic E-state index is -0.320. The number of nitrogens with two attached hydrogens (primary N) is 1. The van der Waals surface area contributed by atoms with Crippen LogP contribution in [0.25, 0.3) is 0 Å². The van der Waals surface area contributed by atoms with Gasteiger partial charge in [0.25, 0.3) is 11.8 Å². The van der Waals surface area contributed by atoms with Crippen LogP contribution in [-0.4, -0.2) is 11.8 Å². The quantitative estimate of drug-likeness (QED) is 0.678. The number of fused-ring (bicyclic) bond motifs is 1. The van der Waals surface area contributed by atoms with Crippen LogP contribution in [-0.2, 0) is 0 Å². The smallest absolute Gasteiger partial charge is 0.266 e. The van der Waals surface area contributed by atoms with Gasteiger partial charge in [0.2, 0.25) is 0 Å². The summed E-state index contributed by atoms with van der Waals surface area (Å²) in [7, 11) is 0. The second-order valence-corrected chi connectivity index (χ2v) is 5.50. The normalized spacial score (nSPS) is 14.0. The van der Waals surface area contributed by atoms with Crippen LogP contribution < -0.4 is 10.6 Å². The second kappa shape index (κ2) is 4.74. The first-order valence-electron chi connectivity index (χ1n) is 6.87. The van der Waals surface area contributed by atoms with E-state index in [0.29, 0.717) is 28.4 Å². The predicted molar refractivity (Wildman–Crippen MR) is 82.5 cm³/mol. The third-order valence-electron chi connectivity index (χ3n) is 3.73. The molecule has 0 radical (unpaired) electrons. The third kappa shape index (κ3) is 2.09. The minimum absolute atomic E-state index is 0.299. The molecule has 0 atom stereocenters. The zero-order chi connectivity index (χ0) is 15.1. The van der Waals surface area contributed by atoms with Crippen molar-refractivity contribution in [2.24, 2.45) is 0 Å². The van der Waals surface area contributed by atoms with E-state index in [1.54, 1.807) is 30.3 Å². The van der Waals surface area contributed by atoms with Gasteiger partial charge in [-0.3, -0.25) is 9.59 Å². The summed E-state index contributed by atoms with van der Waals surface area (Å²) in [6, 6.07) is 12.3. The fourth-order valence-corrected chi connectivity index (χ4v) is 2.50. The van der Waals surface area contributed by atoms with Gasteiger partial charge in [-0.25, -0.2) is 4.90 Å². The fourth-order valence-electron chi connectivity index (χ4n) is 2.50. The van der Waals surface area contributed by atoms with Crippen molar-refractivity contribution in [2.75, 3.05) is 10.6 Å². The van der Waals surface area contributed by atoms with Crippen molar-refractivity contribution in [3.05, 3.63) is 59.2 Å². The van der Waals surface area contributed by atoms with E-state index in [2.05, 4.69) is 13.8 Å². The molecule has 2 aromatic carbocycles. The molecule has 4 nitrogen and oxygen atoms in total. The van der Waals surface area contributed by atoms with Crippen LogP contribution in [0.15, 0.2) is 42.5 Å². The number of benzene rings is 2. The molecule has 0 saturated carbocycles. The molecule has 2 amide bonds. The number of hydrogen-bond donors (Lipinski definition) is 1. The van der Waals surface area contributed by atoms with E-state index in [1.807, 2.05) is 12.1 Å². The number of anilines is 2. The largest absolute Gasteiger partial charge is 0.399 e. The van der Waals surface area contributed by atoms with Crippen LogP contribution in [0.5, 0.6) is 0 Å². The molecule has 0 saturated heterocycles. The lowest BCUT2D eigenvalue weighted by Gasteiger charge is -2.15. The van der Waals surface area contributed by atoms with Crippen molar-refractivity contribution in [2.45, 2.75) is 19.8 Å². The van der Waals surface area contributed by atoms with Crippen LogP contribution in [0.1, 0.15) is 46.0 Å². The Labute approximate surface area is 123 Å². The maximum atomic E-state index is 12.4. The van der Waals surface area contributed by atoms with Gasteiger partial charge in [0.05, 0.1) is 16.8 Å². The SMILES string of the molecule is CC(C)c1ccc(N2C(=O)c3ccc(N)cc3C2=O)cc1. The number of imide groups is 1. The molecule has 1 heterocycles. The van der Waals surface area contributed by atoms with Crippen LogP contribution >= 0.6 is 0 Å². The second-order valence-electron chi connectivity index (χ2n) is 5.50. The lowest BCUT2D eigenvalue weighted by atomic mass is 10.0. The first-order chi connectivity index (χ1) is 9.99. The van der Waals surface area contributed by atoms with Crippen LogP contribution in [0.4, 0.5) is 11.4 Å². The van der Waals surface area contributed by atoms with Gasteiger partial charge in [0.15, 0.2) is 0 Å². The van der Waals surface area contributed by atoms with Gasteiger partial charge in [-0.1, -0.05) is 26.0 Å². The molecule has 0 fully saturated rings. The van der Waals surface area contributed by atoms with Crippen molar-refractivity contribution in [1.82, 2.24) is 0 Å². The molecule has 2 N–H and O–H groups in total. The standard InChI is InChI=1S/C17H16N2O2/c1-10(2)11-3-6-13(7-4-11)19-16(20)14-8-5-12(18)9-15(14)17(19)21/h3-10H,18H2,1-2H3. The molecule has 0 bridgehead atoms. The third-order valence-corrected chi connectivity index (χ3v) is 3.73. The average Bonchev–Trinajstić information content (AvgIpc) is 2.70. The lowest BCUT2D eigenvalue weighted by Crippen LogP contribution is -2.29. The molecule has 4 heteroatoms. The van der Waals surface area contributed by atoms with Gasteiger partial charge < -0.3 is 5.73 Å². The van der Waals surface area contributed by atoms with Crippen molar-refractivity contribution >= 4 is 23.2 Å². The Morgan fingerprint density at radius 2 is 1.52 bits per heavy atom. The monoisotopic (exact) mass is 280 g/mol. The molecule has 21 heavy (non-hydrogen) atoms. The zero-order valence-electron chi connectivity index (χ0n) is 12.0. The Morgan fingerprint density at radius 3 is 2.14 bits per heavy atom. The van der Waals surface area contributed by atoms with Crippen molar-refractivity contribution < 1.29 is 9.59 Å². The summed E-state index contributed by atoms with van der Waals surface area (Å²) in [6.45, 7) is 4.19. The van der Waals surface area contributed by atoms with Gasteiger partial charge in [-0.15, -0.1) is 0 Å². The highest BCUT2D eigenvalue weighted by Gasteiger charge is 2.36.